The fourth-order valence-corrected chi connectivity index (χ4v) is 2.74. The molecule has 0 aliphatic carbocycles. The molecule has 0 radical (unpaired) electrons. The second kappa shape index (κ2) is 6.05. The van der Waals surface area contributed by atoms with E-state index in [0.717, 1.165) is 22.9 Å². The highest BCUT2D eigenvalue weighted by Crippen LogP contribution is 2.29. The van der Waals surface area contributed by atoms with Crippen LogP contribution in [0.1, 0.15) is 15.9 Å². The van der Waals surface area contributed by atoms with Crippen molar-refractivity contribution in [1.82, 2.24) is 15.0 Å². The molecule has 0 aliphatic rings. The molecule has 2 aromatic heterocycles. The molecule has 0 aliphatic heterocycles. The summed E-state index contributed by atoms with van der Waals surface area (Å²) in [6.07, 6.45) is 3.77. The number of alkyl halides is 3. The van der Waals surface area contributed by atoms with Gasteiger partial charge in [0.15, 0.2) is 11.6 Å². The fourth-order valence-electron chi connectivity index (χ4n) is 2.18. The first-order valence-electron chi connectivity index (χ1n) is 6.81. The Bertz CT molecular complexity index is 1110. The Hall–Kier alpha value is -3.02. The summed E-state index contributed by atoms with van der Waals surface area (Å²) in [5.74, 6) is -2.31. The number of hydrogen-bond acceptors (Lipinski definition) is 5. The first kappa shape index (κ1) is 17.8. The monoisotopic (exact) mass is 388 g/mol. The van der Waals surface area contributed by atoms with Crippen LogP contribution >= 0.6 is 0 Å². The number of fused-ring (bicyclic) bond motifs is 1. The van der Waals surface area contributed by atoms with Crippen LogP contribution in [0.3, 0.4) is 0 Å². The van der Waals surface area contributed by atoms with Gasteiger partial charge in [-0.25, -0.2) is 14.4 Å². The average molecular weight is 388 g/mol. The molecule has 0 amide bonds. The van der Waals surface area contributed by atoms with Crippen molar-refractivity contribution in [3.63, 3.8) is 0 Å². The predicted octanol–water partition coefficient (Wildman–Crippen LogP) is 2.59. The van der Waals surface area contributed by atoms with E-state index in [0.29, 0.717) is 5.65 Å². The van der Waals surface area contributed by atoms with E-state index < -0.39 is 38.4 Å². The van der Waals surface area contributed by atoms with Crippen molar-refractivity contribution in [2.75, 3.05) is 4.72 Å². The number of ketones is 1. The number of hydrogen-bond donors (Lipinski definition) is 2. The molecule has 0 fully saturated rings. The largest absolute Gasteiger partial charge is 0.516 e. The Morgan fingerprint density at radius 3 is 2.62 bits per heavy atom. The summed E-state index contributed by atoms with van der Waals surface area (Å²) in [6, 6.07) is 2.84. The number of carbonyl (C=O) groups excluding carboxylic acids is 1. The maximum atomic E-state index is 14.5. The maximum Gasteiger partial charge on any atom is 0.516 e. The summed E-state index contributed by atoms with van der Waals surface area (Å²) in [7, 11) is -5.83. The zero-order chi connectivity index (χ0) is 19.1. The van der Waals surface area contributed by atoms with E-state index in [1.807, 2.05) is 0 Å². The predicted molar refractivity (Wildman–Crippen MR) is 82.3 cm³/mol. The lowest BCUT2D eigenvalue weighted by Crippen LogP contribution is -2.30. The molecular formula is C14H8F4N4O3S. The Morgan fingerprint density at radius 1 is 1.19 bits per heavy atom. The minimum Gasteiger partial charge on any atom is -0.345 e. The van der Waals surface area contributed by atoms with E-state index in [9.17, 15) is 30.8 Å². The van der Waals surface area contributed by atoms with E-state index >= 15 is 0 Å². The van der Waals surface area contributed by atoms with Crippen LogP contribution < -0.4 is 4.72 Å². The third kappa shape index (κ3) is 2.98. The van der Waals surface area contributed by atoms with Crippen LogP contribution in [-0.4, -0.2) is 34.7 Å². The zero-order valence-corrected chi connectivity index (χ0v) is 13.3. The molecular weight excluding hydrogens is 380 g/mol. The van der Waals surface area contributed by atoms with E-state index in [4.69, 9.17) is 0 Å². The van der Waals surface area contributed by atoms with Gasteiger partial charge in [0.25, 0.3) is 0 Å². The minimum absolute atomic E-state index is 0.0182. The molecule has 0 unspecified atom stereocenters. The quantitative estimate of drug-likeness (QED) is 0.528. The Morgan fingerprint density at radius 2 is 1.92 bits per heavy atom. The molecule has 7 nitrogen and oxygen atoms in total. The highest BCUT2D eigenvalue weighted by atomic mass is 32.2. The van der Waals surface area contributed by atoms with Gasteiger partial charge in [0.05, 0.1) is 16.8 Å². The lowest BCUT2D eigenvalue weighted by molar-refractivity contribution is -0.0429. The van der Waals surface area contributed by atoms with Gasteiger partial charge in [0, 0.05) is 17.8 Å². The fraction of sp³-hybridized carbons (Fsp3) is 0.0714. The summed E-state index contributed by atoms with van der Waals surface area (Å²) in [5, 5.41) is 0.276. The van der Waals surface area contributed by atoms with E-state index in [1.54, 1.807) is 0 Å². The number of halogens is 4. The number of aromatic amines is 1. The SMILES string of the molecule is O=C(c1cccc(NS(=O)(=O)C(F)(F)F)c1F)c1c[nH]c2ncncc12. The standard InChI is InChI=1S/C14H8F4N4O3S/c15-11-7(2-1-3-10(11)22-26(24,25)14(16,17)18)12(23)8-5-20-13-9(8)4-19-6-21-13/h1-6,22H,(H,19,20,21). The third-order valence-corrected chi connectivity index (χ3v) is 4.49. The number of rotatable bonds is 4. The van der Waals surface area contributed by atoms with Gasteiger partial charge < -0.3 is 4.98 Å². The van der Waals surface area contributed by atoms with Crippen molar-refractivity contribution in [1.29, 1.82) is 0 Å². The molecule has 136 valence electrons. The molecule has 3 rings (SSSR count). The Labute approximate surface area is 143 Å². The number of benzene rings is 1. The highest BCUT2D eigenvalue weighted by Gasteiger charge is 2.46. The smallest absolute Gasteiger partial charge is 0.345 e. The van der Waals surface area contributed by atoms with Gasteiger partial charge in [-0.15, -0.1) is 0 Å². The molecule has 0 saturated carbocycles. The first-order valence-corrected chi connectivity index (χ1v) is 8.29. The van der Waals surface area contributed by atoms with Crippen LogP contribution in [0.4, 0.5) is 23.2 Å². The van der Waals surface area contributed by atoms with Crippen molar-refractivity contribution in [3.05, 3.63) is 53.9 Å². The number of nitrogens with one attached hydrogen (secondary N) is 2. The van der Waals surface area contributed by atoms with Gasteiger partial charge >= 0.3 is 15.5 Å². The van der Waals surface area contributed by atoms with Gasteiger partial charge in [0.1, 0.15) is 12.0 Å². The van der Waals surface area contributed by atoms with Gasteiger partial charge in [-0.1, -0.05) is 6.07 Å². The van der Waals surface area contributed by atoms with Gasteiger partial charge in [-0.3, -0.25) is 9.52 Å². The maximum absolute atomic E-state index is 14.5. The van der Waals surface area contributed by atoms with Crippen LogP contribution in [-0.2, 0) is 10.0 Å². The molecule has 1 aromatic carbocycles. The average Bonchev–Trinajstić information content (AvgIpc) is 2.99. The van der Waals surface area contributed by atoms with Crippen molar-refractivity contribution >= 4 is 32.5 Å². The van der Waals surface area contributed by atoms with E-state index in [1.165, 1.54) is 18.7 Å². The second-order valence-electron chi connectivity index (χ2n) is 5.03. The molecule has 0 spiro atoms. The normalized spacial score (nSPS) is 12.3. The van der Waals surface area contributed by atoms with Crippen molar-refractivity contribution in [2.24, 2.45) is 0 Å². The molecule has 12 heteroatoms. The summed E-state index contributed by atoms with van der Waals surface area (Å²) >= 11 is 0. The summed E-state index contributed by atoms with van der Waals surface area (Å²) < 4.78 is 75.2. The minimum atomic E-state index is -5.83. The molecule has 2 heterocycles. The second-order valence-corrected chi connectivity index (χ2v) is 6.71. The third-order valence-electron chi connectivity index (χ3n) is 3.39. The molecule has 0 saturated heterocycles. The lowest BCUT2D eigenvalue weighted by atomic mass is 10.0. The van der Waals surface area contributed by atoms with Gasteiger partial charge in [0.2, 0.25) is 0 Å². The Balaban J connectivity index is 2.03. The molecule has 0 atom stereocenters. The van der Waals surface area contributed by atoms with E-state index in [2.05, 4.69) is 15.0 Å². The van der Waals surface area contributed by atoms with Crippen LogP contribution in [0.15, 0.2) is 36.9 Å². The lowest BCUT2D eigenvalue weighted by Gasteiger charge is -2.12. The number of carbonyl (C=O) groups is 1. The molecule has 2 N–H and O–H groups in total. The summed E-state index contributed by atoms with van der Waals surface area (Å²) in [5.41, 5.74) is -6.96. The van der Waals surface area contributed by atoms with Crippen LogP contribution in [0.5, 0.6) is 0 Å². The topological polar surface area (TPSA) is 105 Å². The van der Waals surface area contributed by atoms with Crippen LogP contribution in [0.2, 0.25) is 0 Å². The van der Waals surface area contributed by atoms with Crippen molar-refractivity contribution in [3.8, 4) is 0 Å². The number of H-pyrrole nitrogens is 1. The van der Waals surface area contributed by atoms with Gasteiger partial charge in [-0.05, 0) is 12.1 Å². The molecule has 26 heavy (non-hydrogen) atoms. The highest BCUT2D eigenvalue weighted by molar-refractivity contribution is 7.93. The molecule has 3 aromatic rings. The molecule has 0 bridgehead atoms. The number of anilines is 1. The van der Waals surface area contributed by atoms with E-state index in [-0.39, 0.29) is 10.9 Å². The number of nitrogens with zero attached hydrogens (tertiary/aromatic N) is 2. The van der Waals surface area contributed by atoms with Crippen molar-refractivity contribution in [2.45, 2.75) is 5.51 Å². The number of sulfonamides is 1. The zero-order valence-electron chi connectivity index (χ0n) is 12.5. The summed E-state index contributed by atoms with van der Waals surface area (Å²) in [4.78, 5) is 22.8. The Kier molecular flexibility index (Phi) is 4.14. The van der Waals surface area contributed by atoms with Crippen LogP contribution in [0.25, 0.3) is 11.0 Å². The van der Waals surface area contributed by atoms with Gasteiger partial charge in [-0.2, -0.15) is 21.6 Å². The number of aromatic nitrogens is 3. The summed E-state index contributed by atoms with van der Waals surface area (Å²) in [6.45, 7) is 0. The first-order chi connectivity index (χ1) is 12.1. The van der Waals surface area contributed by atoms with Crippen LogP contribution in [0, 0.1) is 5.82 Å². The van der Waals surface area contributed by atoms with Crippen molar-refractivity contribution < 1.29 is 30.8 Å².